The van der Waals surface area contributed by atoms with Crippen LogP contribution in [0.4, 0.5) is 11.4 Å². The molecule has 0 radical (unpaired) electrons. The maximum atomic E-state index is 11.9. The second-order valence-corrected chi connectivity index (χ2v) is 8.46. The third-order valence-corrected chi connectivity index (χ3v) is 5.23. The van der Waals surface area contributed by atoms with Gasteiger partial charge in [0.2, 0.25) is 0 Å². The predicted octanol–water partition coefficient (Wildman–Crippen LogP) is 5.11. The number of hydrogen-bond acceptors (Lipinski definition) is 5. The molecule has 1 aliphatic carbocycles. The summed E-state index contributed by atoms with van der Waals surface area (Å²) in [6.45, 7) is 4.22. The molecular formula is C21H24N2O2S. The minimum atomic E-state index is -0.0227. The smallest absolute Gasteiger partial charge is 0.157 e. The van der Waals surface area contributed by atoms with Crippen molar-refractivity contribution in [2.45, 2.75) is 36.5 Å². The summed E-state index contributed by atoms with van der Waals surface area (Å²) >= 11 is 1.63. The second kappa shape index (κ2) is 7.46. The van der Waals surface area contributed by atoms with Crippen LogP contribution in [0.3, 0.4) is 0 Å². The van der Waals surface area contributed by atoms with E-state index in [1.54, 1.807) is 24.9 Å². The summed E-state index contributed by atoms with van der Waals surface area (Å²) in [6, 6.07) is 13.9. The van der Waals surface area contributed by atoms with Crippen molar-refractivity contribution in [1.82, 2.24) is 0 Å². The van der Waals surface area contributed by atoms with E-state index in [1.165, 1.54) is 0 Å². The summed E-state index contributed by atoms with van der Waals surface area (Å²) in [5.74, 6) is 0.991. The third-order valence-electron chi connectivity index (χ3n) is 4.25. The highest BCUT2D eigenvalue weighted by Gasteiger charge is 2.27. The van der Waals surface area contributed by atoms with Crippen LogP contribution in [0.25, 0.3) is 0 Å². The van der Waals surface area contributed by atoms with Crippen molar-refractivity contribution >= 4 is 28.9 Å². The van der Waals surface area contributed by atoms with Gasteiger partial charge >= 0.3 is 0 Å². The van der Waals surface area contributed by atoms with Gasteiger partial charge in [-0.15, -0.1) is 0 Å². The molecule has 3 N–H and O–H groups in total. The fraction of sp³-hybridized carbons (Fsp3) is 0.286. The highest BCUT2D eigenvalue weighted by atomic mass is 32.2. The summed E-state index contributed by atoms with van der Waals surface area (Å²) in [7, 11) is 1.66. The van der Waals surface area contributed by atoms with E-state index in [-0.39, 0.29) is 11.2 Å². The van der Waals surface area contributed by atoms with E-state index in [0.29, 0.717) is 12.1 Å². The molecule has 0 aliphatic heterocycles. The molecule has 0 unspecified atom stereocenters. The first-order chi connectivity index (χ1) is 12.3. The number of carbonyl (C=O) groups excluding carboxylic acids is 1. The van der Waals surface area contributed by atoms with Gasteiger partial charge in [-0.25, -0.2) is 0 Å². The zero-order valence-corrected chi connectivity index (χ0v) is 16.2. The number of anilines is 2. The molecule has 0 spiro atoms. The highest BCUT2D eigenvalue weighted by Crippen LogP contribution is 2.36. The second-order valence-electron chi connectivity index (χ2n) is 7.31. The Balaban J connectivity index is 1.74. The van der Waals surface area contributed by atoms with Gasteiger partial charge in [-0.1, -0.05) is 31.7 Å². The Morgan fingerprint density at radius 1 is 1.12 bits per heavy atom. The number of ether oxygens (including phenoxy) is 1. The average Bonchev–Trinajstić information content (AvgIpc) is 2.56. The number of ketones is 1. The first kappa shape index (κ1) is 18.4. The quantitative estimate of drug-likeness (QED) is 0.718. The van der Waals surface area contributed by atoms with Crippen molar-refractivity contribution in [1.29, 1.82) is 0 Å². The molecule has 4 nitrogen and oxygen atoms in total. The largest absolute Gasteiger partial charge is 0.497 e. The van der Waals surface area contributed by atoms with Gasteiger partial charge in [0.25, 0.3) is 0 Å². The van der Waals surface area contributed by atoms with Crippen molar-refractivity contribution < 1.29 is 9.53 Å². The van der Waals surface area contributed by atoms with Crippen molar-refractivity contribution in [2.24, 2.45) is 5.41 Å². The molecule has 2 aromatic rings. The molecule has 0 heterocycles. The fourth-order valence-corrected chi connectivity index (χ4v) is 4.03. The van der Waals surface area contributed by atoms with Crippen LogP contribution in [0, 0.1) is 5.41 Å². The van der Waals surface area contributed by atoms with Crippen LogP contribution in [-0.2, 0) is 4.79 Å². The molecule has 1 aliphatic rings. The Bertz CT molecular complexity index is 859. The van der Waals surface area contributed by atoms with Gasteiger partial charge in [0.1, 0.15) is 5.75 Å². The van der Waals surface area contributed by atoms with E-state index in [1.807, 2.05) is 42.5 Å². The van der Waals surface area contributed by atoms with Crippen molar-refractivity contribution in [2.75, 3.05) is 18.2 Å². The first-order valence-electron chi connectivity index (χ1n) is 8.56. The molecule has 26 heavy (non-hydrogen) atoms. The van der Waals surface area contributed by atoms with Crippen LogP contribution in [-0.4, -0.2) is 12.9 Å². The van der Waals surface area contributed by atoms with Crippen LogP contribution in [0.1, 0.15) is 26.7 Å². The number of allylic oxidation sites excluding steroid dienone is 2. The molecule has 0 atom stereocenters. The third kappa shape index (κ3) is 4.61. The lowest BCUT2D eigenvalue weighted by molar-refractivity contribution is -0.117. The zero-order chi connectivity index (χ0) is 18.7. The van der Waals surface area contributed by atoms with Gasteiger partial charge in [0.05, 0.1) is 18.5 Å². The maximum absolute atomic E-state index is 11.9. The number of nitrogen functional groups attached to an aromatic ring is 1. The molecule has 2 aromatic carbocycles. The molecule has 0 bridgehead atoms. The average molecular weight is 369 g/mol. The van der Waals surface area contributed by atoms with Crippen molar-refractivity contribution in [3.63, 3.8) is 0 Å². The monoisotopic (exact) mass is 368 g/mol. The lowest BCUT2D eigenvalue weighted by atomic mass is 9.79. The highest BCUT2D eigenvalue weighted by molar-refractivity contribution is 7.99. The number of nitrogens with one attached hydrogen (secondary N) is 1. The SMILES string of the molecule is COc1cccc(Sc2ccc(NC3=CC(=O)CC(C)(C)C3)c(N)c2)c1. The Hall–Kier alpha value is -2.40. The molecule has 0 amide bonds. The van der Waals surface area contributed by atoms with E-state index in [9.17, 15) is 4.79 Å². The normalized spacial score (nSPS) is 16.1. The van der Waals surface area contributed by atoms with Crippen LogP contribution in [0.15, 0.2) is 64.0 Å². The first-order valence-corrected chi connectivity index (χ1v) is 9.38. The van der Waals surface area contributed by atoms with E-state index < -0.39 is 0 Å². The van der Waals surface area contributed by atoms with Gasteiger partial charge < -0.3 is 15.8 Å². The van der Waals surface area contributed by atoms with Crippen LogP contribution >= 0.6 is 11.8 Å². The summed E-state index contributed by atoms with van der Waals surface area (Å²) in [5.41, 5.74) is 8.63. The molecule has 136 valence electrons. The minimum Gasteiger partial charge on any atom is -0.497 e. The standard InChI is InChI=1S/C21H24N2O2S/c1-21(2)12-14(9-15(24)13-21)23-20-8-7-18(11-19(20)22)26-17-6-4-5-16(10-17)25-3/h4-11,23H,12-13,22H2,1-3H3. The Morgan fingerprint density at radius 2 is 1.88 bits per heavy atom. The fourth-order valence-electron chi connectivity index (χ4n) is 3.12. The van der Waals surface area contributed by atoms with Gasteiger partial charge in [-0.05, 0) is 48.2 Å². The van der Waals surface area contributed by atoms with E-state index in [2.05, 4.69) is 19.2 Å². The summed E-state index contributed by atoms with van der Waals surface area (Å²) in [5, 5.41) is 3.33. The Labute approximate surface area is 158 Å². The van der Waals surface area contributed by atoms with Crippen LogP contribution in [0.2, 0.25) is 0 Å². The number of nitrogens with two attached hydrogens (primary N) is 1. The molecule has 3 rings (SSSR count). The van der Waals surface area contributed by atoms with E-state index >= 15 is 0 Å². The molecule has 0 saturated carbocycles. The van der Waals surface area contributed by atoms with Gasteiger partial charge in [-0.3, -0.25) is 4.79 Å². The van der Waals surface area contributed by atoms with Crippen molar-refractivity contribution in [3.05, 3.63) is 54.2 Å². The Morgan fingerprint density at radius 3 is 2.58 bits per heavy atom. The zero-order valence-electron chi connectivity index (χ0n) is 15.3. The van der Waals surface area contributed by atoms with E-state index in [0.717, 1.165) is 33.3 Å². The topological polar surface area (TPSA) is 64.3 Å². The molecular weight excluding hydrogens is 344 g/mol. The van der Waals surface area contributed by atoms with Gasteiger partial charge in [0.15, 0.2) is 5.78 Å². The minimum absolute atomic E-state index is 0.0227. The number of methoxy groups -OCH3 is 1. The number of rotatable bonds is 5. The summed E-state index contributed by atoms with van der Waals surface area (Å²) in [4.78, 5) is 14.1. The molecule has 0 fully saturated rings. The predicted molar refractivity (Wildman–Crippen MR) is 108 cm³/mol. The summed E-state index contributed by atoms with van der Waals surface area (Å²) in [6.07, 6.45) is 3.12. The lowest BCUT2D eigenvalue weighted by Gasteiger charge is -2.29. The molecule has 0 saturated heterocycles. The summed E-state index contributed by atoms with van der Waals surface area (Å²) < 4.78 is 5.26. The number of carbonyl (C=O) groups is 1. The van der Waals surface area contributed by atoms with Crippen molar-refractivity contribution in [3.8, 4) is 5.75 Å². The van der Waals surface area contributed by atoms with Gasteiger partial charge in [-0.2, -0.15) is 0 Å². The van der Waals surface area contributed by atoms with E-state index in [4.69, 9.17) is 10.5 Å². The molecule has 5 heteroatoms. The maximum Gasteiger partial charge on any atom is 0.157 e. The molecule has 0 aromatic heterocycles. The lowest BCUT2D eigenvalue weighted by Crippen LogP contribution is -2.24. The van der Waals surface area contributed by atoms with Crippen LogP contribution < -0.4 is 15.8 Å². The number of hydrogen-bond donors (Lipinski definition) is 2. The Kier molecular flexibility index (Phi) is 5.28. The van der Waals surface area contributed by atoms with Gasteiger partial charge in [0, 0.05) is 28.0 Å². The van der Waals surface area contributed by atoms with Crippen LogP contribution in [0.5, 0.6) is 5.75 Å². The number of benzene rings is 2.